The van der Waals surface area contributed by atoms with Crippen LogP contribution in [0.3, 0.4) is 0 Å². The van der Waals surface area contributed by atoms with Crippen molar-refractivity contribution in [2.75, 3.05) is 0 Å². The summed E-state index contributed by atoms with van der Waals surface area (Å²) >= 11 is 0. The summed E-state index contributed by atoms with van der Waals surface area (Å²) in [5.74, 6) is 3.51. The van der Waals surface area contributed by atoms with Crippen molar-refractivity contribution in [3.63, 3.8) is 0 Å². The molecular weight excluding hydrogens is 491 g/mol. The van der Waals surface area contributed by atoms with E-state index in [-0.39, 0.29) is 6.71 Å². The van der Waals surface area contributed by atoms with E-state index in [0.717, 1.165) is 83.6 Å². The van der Waals surface area contributed by atoms with Gasteiger partial charge in [-0.1, -0.05) is 91.0 Å². The van der Waals surface area contributed by atoms with Crippen LogP contribution < -0.4 is 25.9 Å². The summed E-state index contributed by atoms with van der Waals surface area (Å²) in [5, 5.41) is 2.28. The molecule has 6 aromatic carbocycles. The summed E-state index contributed by atoms with van der Waals surface area (Å²) in [7, 11) is 0. The largest absolute Gasteiger partial charge is 0.458 e. The molecule has 0 N–H and O–H groups in total. The standard InChI is InChI=1S/C36H21BO3/c1-3-14-30-26(10-1)27-12-6-11-25(36(27)40-30)24-9-5-8-22(20-24)23-18-19-32-29(21-23)37-28-13-2-4-15-31(28)38-33-16-7-17-34(39-32)35(33)37/h1-21H. The van der Waals surface area contributed by atoms with Crippen LogP contribution in [0.4, 0.5) is 0 Å². The summed E-state index contributed by atoms with van der Waals surface area (Å²) in [6, 6.07) is 44.2. The molecule has 0 atom stereocenters. The molecule has 0 bridgehead atoms. The van der Waals surface area contributed by atoms with E-state index >= 15 is 0 Å². The van der Waals surface area contributed by atoms with Gasteiger partial charge in [-0.3, -0.25) is 0 Å². The van der Waals surface area contributed by atoms with Crippen LogP contribution in [0.15, 0.2) is 132 Å². The van der Waals surface area contributed by atoms with Crippen LogP contribution in [0.2, 0.25) is 0 Å². The molecular formula is C36H21BO3. The van der Waals surface area contributed by atoms with E-state index in [2.05, 4.69) is 84.9 Å². The van der Waals surface area contributed by atoms with Gasteiger partial charge in [-0.2, -0.15) is 0 Å². The Morgan fingerprint density at radius 1 is 0.450 bits per heavy atom. The molecule has 7 aromatic rings. The van der Waals surface area contributed by atoms with Crippen molar-refractivity contribution in [3.05, 3.63) is 127 Å². The average molecular weight is 512 g/mol. The molecule has 0 amide bonds. The van der Waals surface area contributed by atoms with Crippen LogP contribution in [0.5, 0.6) is 23.0 Å². The monoisotopic (exact) mass is 512 g/mol. The SMILES string of the molecule is c1cc(-c2ccc3c(c2)B2c4ccccc4Oc4cccc(c42)O3)cc(-c2cccc3c2oc2ccccc23)c1. The lowest BCUT2D eigenvalue weighted by Gasteiger charge is -2.33. The molecule has 0 fully saturated rings. The molecule has 3 heterocycles. The Morgan fingerprint density at radius 3 is 2.05 bits per heavy atom. The maximum absolute atomic E-state index is 6.41. The van der Waals surface area contributed by atoms with Crippen molar-refractivity contribution in [2.45, 2.75) is 0 Å². The Kier molecular flexibility index (Phi) is 4.41. The van der Waals surface area contributed by atoms with Gasteiger partial charge < -0.3 is 13.9 Å². The van der Waals surface area contributed by atoms with Gasteiger partial charge in [0.15, 0.2) is 0 Å². The molecule has 0 saturated heterocycles. The van der Waals surface area contributed by atoms with E-state index in [1.807, 2.05) is 42.5 Å². The normalized spacial score (nSPS) is 12.8. The molecule has 0 saturated carbocycles. The number of hydrogen-bond acceptors (Lipinski definition) is 3. The maximum Gasteiger partial charge on any atom is 0.260 e. The minimum absolute atomic E-state index is 0.0485. The van der Waals surface area contributed by atoms with Gasteiger partial charge in [0.1, 0.15) is 34.2 Å². The fourth-order valence-electron chi connectivity index (χ4n) is 6.40. The Balaban J connectivity index is 1.19. The van der Waals surface area contributed by atoms with Crippen LogP contribution in [0, 0.1) is 0 Å². The summed E-state index contributed by atoms with van der Waals surface area (Å²) in [6.45, 7) is 0.0485. The van der Waals surface area contributed by atoms with Gasteiger partial charge in [-0.25, -0.2) is 0 Å². The second kappa shape index (κ2) is 8.14. The number of para-hydroxylation sites is 3. The zero-order valence-corrected chi connectivity index (χ0v) is 21.4. The molecule has 0 aliphatic carbocycles. The van der Waals surface area contributed by atoms with Crippen molar-refractivity contribution in [3.8, 4) is 45.3 Å². The molecule has 40 heavy (non-hydrogen) atoms. The summed E-state index contributed by atoms with van der Waals surface area (Å²) in [4.78, 5) is 0. The first kappa shape index (κ1) is 21.7. The average Bonchev–Trinajstić information content (AvgIpc) is 3.40. The minimum atomic E-state index is 0.0485. The Labute approximate surface area is 231 Å². The van der Waals surface area contributed by atoms with Crippen LogP contribution in [-0.4, -0.2) is 6.71 Å². The molecule has 0 spiro atoms. The first-order chi connectivity index (χ1) is 19.8. The van der Waals surface area contributed by atoms with Crippen molar-refractivity contribution < 1.29 is 13.9 Å². The molecule has 2 aliphatic heterocycles. The second-order valence-electron chi connectivity index (χ2n) is 10.5. The van der Waals surface area contributed by atoms with Crippen LogP contribution in [0.1, 0.15) is 0 Å². The predicted octanol–water partition coefficient (Wildman–Crippen LogP) is 7.65. The quantitative estimate of drug-likeness (QED) is 0.223. The fraction of sp³-hybridized carbons (Fsp3) is 0. The van der Waals surface area contributed by atoms with Crippen LogP contribution in [0.25, 0.3) is 44.2 Å². The van der Waals surface area contributed by atoms with Gasteiger partial charge in [0.05, 0.1) is 0 Å². The zero-order chi connectivity index (χ0) is 26.2. The highest BCUT2D eigenvalue weighted by Crippen LogP contribution is 2.38. The first-order valence-electron chi connectivity index (χ1n) is 13.5. The third-order valence-electron chi connectivity index (χ3n) is 8.22. The summed E-state index contributed by atoms with van der Waals surface area (Å²) in [5.41, 5.74) is 9.74. The fourth-order valence-corrected chi connectivity index (χ4v) is 6.40. The van der Waals surface area contributed by atoms with Gasteiger partial charge in [-0.05, 0) is 64.0 Å². The highest BCUT2D eigenvalue weighted by Gasteiger charge is 2.39. The Bertz CT molecular complexity index is 2130. The van der Waals surface area contributed by atoms with E-state index in [1.165, 1.54) is 0 Å². The number of fused-ring (bicyclic) bond motifs is 7. The Hall–Kier alpha value is -5.22. The van der Waals surface area contributed by atoms with Crippen LogP contribution >= 0.6 is 0 Å². The van der Waals surface area contributed by atoms with Gasteiger partial charge in [0, 0.05) is 21.8 Å². The zero-order valence-electron chi connectivity index (χ0n) is 21.4. The summed E-state index contributed by atoms with van der Waals surface area (Å²) in [6.07, 6.45) is 0. The highest BCUT2D eigenvalue weighted by atomic mass is 16.5. The second-order valence-corrected chi connectivity index (χ2v) is 10.5. The number of rotatable bonds is 2. The van der Waals surface area contributed by atoms with E-state index < -0.39 is 0 Å². The molecule has 4 heteroatoms. The van der Waals surface area contributed by atoms with Crippen molar-refractivity contribution in [1.29, 1.82) is 0 Å². The molecule has 0 radical (unpaired) electrons. The van der Waals surface area contributed by atoms with E-state index in [0.29, 0.717) is 0 Å². The predicted molar refractivity (Wildman–Crippen MR) is 162 cm³/mol. The minimum Gasteiger partial charge on any atom is -0.458 e. The van der Waals surface area contributed by atoms with E-state index in [4.69, 9.17) is 13.9 Å². The molecule has 9 rings (SSSR count). The third kappa shape index (κ3) is 3.08. The summed E-state index contributed by atoms with van der Waals surface area (Å²) < 4.78 is 19.0. The number of benzene rings is 6. The highest BCUT2D eigenvalue weighted by molar-refractivity contribution is 6.98. The lowest BCUT2D eigenvalue weighted by Crippen LogP contribution is -2.57. The molecule has 1 aromatic heterocycles. The molecule has 2 aliphatic rings. The van der Waals surface area contributed by atoms with E-state index in [9.17, 15) is 0 Å². The number of hydrogen-bond donors (Lipinski definition) is 0. The molecule has 186 valence electrons. The lowest BCUT2D eigenvalue weighted by molar-refractivity contribution is 0.464. The van der Waals surface area contributed by atoms with Gasteiger partial charge >= 0.3 is 0 Å². The topological polar surface area (TPSA) is 31.6 Å². The Morgan fingerprint density at radius 2 is 1.12 bits per heavy atom. The lowest BCUT2D eigenvalue weighted by atomic mass is 9.35. The number of furan rings is 1. The van der Waals surface area contributed by atoms with Crippen LogP contribution in [-0.2, 0) is 0 Å². The van der Waals surface area contributed by atoms with Crippen molar-refractivity contribution in [2.24, 2.45) is 0 Å². The smallest absolute Gasteiger partial charge is 0.260 e. The van der Waals surface area contributed by atoms with Gasteiger partial charge in [0.25, 0.3) is 6.71 Å². The maximum atomic E-state index is 6.41. The first-order valence-corrected chi connectivity index (χ1v) is 13.5. The molecule has 0 unspecified atom stereocenters. The van der Waals surface area contributed by atoms with Gasteiger partial charge in [-0.15, -0.1) is 0 Å². The third-order valence-corrected chi connectivity index (χ3v) is 8.22. The van der Waals surface area contributed by atoms with Crippen molar-refractivity contribution >= 4 is 45.0 Å². The number of ether oxygens (including phenoxy) is 2. The van der Waals surface area contributed by atoms with Gasteiger partial charge in [0.2, 0.25) is 0 Å². The van der Waals surface area contributed by atoms with Crippen molar-refractivity contribution in [1.82, 2.24) is 0 Å². The van der Waals surface area contributed by atoms with E-state index in [1.54, 1.807) is 0 Å². The molecule has 3 nitrogen and oxygen atoms in total.